The molecule has 3 rings (SSSR count). The van der Waals surface area contributed by atoms with Crippen LogP contribution in [0.3, 0.4) is 0 Å². The summed E-state index contributed by atoms with van der Waals surface area (Å²) in [6.07, 6.45) is 5.83. The average molecular weight is 246 g/mol. The quantitative estimate of drug-likeness (QED) is 0.794. The van der Waals surface area contributed by atoms with Crippen LogP contribution in [-0.2, 0) is 6.54 Å². The highest BCUT2D eigenvalue weighted by molar-refractivity contribution is 5.90. The van der Waals surface area contributed by atoms with Crippen molar-refractivity contribution in [2.45, 2.75) is 25.3 Å². The lowest BCUT2D eigenvalue weighted by molar-refractivity contribution is 0.0942. The van der Waals surface area contributed by atoms with E-state index in [4.69, 9.17) is 0 Å². The molecule has 0 spiro atoms. The number of carbonyl (C=O) groups is 1. The second-order valence-corrected chi connectivity index (χ2v) is 4.34. The van der Waals surface area contributed by atoms with Gasteiger partial charge in [0.05, 0.1) is 6.54 Å². The molecule has 2 aromatic rings. The number of nitrogens with zero attached hydrogens (tertiary/aromatic N) is 4. The van der Waals surface area contributed by atoms with Crippen molar-refractivity contribution in [2.24, 2.45) is 0 Å². The van der Waals surface area contributed by atoms with Crippen molar-refractivity contribution in [3.63, 3.8) is 0 Å². The second kappa shape index (κ2) is 4.59. The van der Waals surface area contributed by atoms with Gasteiger partial charge in [0.1, 0.15) is 5.82 Å². The molecule has 0 unspecified atom stereocenters. The van der Waals surface area contributed by atoms with Gasteiger partial charge in [0.25, 0.3) is 5.91 Å². The molecule has 7 nitrogen and oxygen atoms in total. The lowest BCUT2D eigenvalue weighted by Crippen LogP contribution is -2.28. The lowest BCUT2D eigenvalue weighted by Gasteiger charge is -2.02. The van der Waals surface area contributed by atoms with E-state index in [0.29, 0.717) is 19.0 Å². The Hall–Kier alpha value is -2.18. The fourth-order valence-electron chi connectivity index (χ4n) is 1.71. The molecule has 18 heavy (non-hydrogen) atoms. The van der Waals surface area contributed by atoms with Gasteiger partial charge in [-0.05, 0) is 18.9 Å². The van der Waals surface area contributed by atoms with Crippen LogP contribution in [0.2, 0.25) is 0 Å². The lowest BCUT2D eigenvalue weighted by atomic mass is 10.4. The highest BCUT2D eigenvalue weighted by Gasteiger charge is 2.28. The summed E-state index contributed by atoms with van der Waals surface area (Å²) in [5, 5.41) is 13.5. The molecule has 7 heteroatoms. The third kappa shape index (κ3) is 2.39. The van der Waals surface area contributed by atoms with Crippen molar-refractivity contribution in [1.82, 2.24) is 30.3 Å². The van der Waals surface area contributed by atoms with Crippen molar-refractivity contribution in [1.29, 1.82) is 0 Å². The van der Waals surface area contributed by atoms with Crippen LogP contribution < -0.4 is 5.32 Å². The number of carbonyl (C=O) groups excluding carboxylic acids is 1. The van der Waals surface area contributed by atoms with Gasteiger partial charge in [0.2, 0.25) is 5.82 Å². The largest absolute Gasteiger partial charge is 0.347 e. The minimum atomic E-state index is -0.245. The van der Waals surface area contributed by atoms with Crippen LogP contribution >= 0.6 is 0 Å². The number of hydrogen-bond donors (Lipinski definition) is 2. The van der Waals surface area contributed by atoms with Gasteiger partial charge in [-0.15, -0.1) is 5.10 Å². The van der Waals surface area contributed by atoms with Gasteiger partial charge in [-0.3, -0.25) is 14.6 Å². The highest BCUT2D eigenvalue weighted by atomic mass is 16.2. The van der Waals surface area contributed by atoms with Crippen LogP contribution in [-0.4, -0.2) is 37.4 Å². The maximum Gasteiger partial charge on any atom is 0.291 e. The summed E-state index contributed by atoms with van der Waals surface area (Å²) < 4.78 is 1.76. The highest BCUT2D eigenvalue weighted by Crippen LogP contribution is 2.37. The average Bonchev–Trinajstić information content (AvgIpc) is 2.92. The number of H-pyrrole nitrogens is 1. The van der Waals surface area contributed by atoms with Gasteiger partial charge < -0.3 is 5.32 Å². The summed E-state index contributed by atoms with van der Waals surface area (Å²) in [6.45, 7) is 1.15. The number of nitrogens with one attached hydrogen (secondary N) is 2. The van der Waals surface area contributed by atoms with E-state index in [1.54, 1.807) is 10.9 Å². The maximum absolute atomic E-state index is 11.7. The van der Waals surface area contributed by atoms with Gasteiger partial charge in [0, 0.05) is 24.9 Å². The molecule has 2 heterocycles. The number of aromatic nitrogens is 5. The van der Waals surface area contributed by atoms with Crippen LogP contribution in [0.4, 0.5) is 0 Å². The summed E-state index contributed by atoms with van der Waals surface area (Å²) in [5.74, 6) is 1.28. The predicted octanol–water partition coefficient (Wildman–Crippen LogP) is 0.309. The molecule has 0 atom stereocenters. The molecule has 1 aliphatic carbocycles. The SMILES string of the molecule is O=C(NCCn1cccn1)c1n[nH]c(C2CC2)n1. The fourth-order valence-corrected chi connectivity index (χ4v) is 1.71. The zero-order chi connectivity index (χ0) is 12.4. The van der Waals surface area contributed by atoms with E-state index in [2.05, 4.69) is 25.6 Å². The van der Waals surface area contributed by atoms with Crippen molar-refractivity contribution < 1.29 is 4.79 Å². The third-order valence-corrected chi connectivity index (χ3v) is 2.86. The standard InChI is InChI=1S/C11H14N6O/c18-11(12-5-7-17-6-1-4-13-17)10-14-9(15-16-10)8-2-3-8/h1,4,6,8H,2-3,5,7H2,(H,12,18)(H,14,15,16). The van der Waals surface area contributed by atoms with Crippen molar-refractivity contribution >= 4 is 5.91 Å². The summed E-state index contributed by atoms with van der Waals surface area (Å²) >= 11 is 0. The van der Waals surface area contributed by atoms with E-state index < -0.39 is 0 Å². The first-order valence-corrected chi connectivity index (χ1v) is 6.01. The Morgan fingerprint density at radius 2 is 2.44 bits per heavy atom. The zero-order valence-electron chi connectivity index (χ0n) is 9.83. The van der Waals surface area contributed by atoms with E-state index >= 15 is 0 Å². The fraction of sp³-hybridized carbons (Fsp3) is 0.455. The summed E-state index contributed by atoms with van der Waals surface area (Å²) in [7, 11) is 0. The monoisotopic (exact) mass is 246 g/mol. The molecule has 1 fully saturated rings. The first kappa shape index (κ1) is 10.9. The molecule has 2 aromatic heterocycles. The van der Waals surface area contributed by atoms with E-state index in [0.717, 1.165) is 18.7 Å². The molecule has 0 bridgehead atoms. The van der Waals surface area contributed by atoms with Crippen molar-refractivity contribution in [2.75, 3.05) is 6.54 Å². The van der Waals surface area contributed by atoms with Crippen LogP contribution in [0.25, 0.3) is 0 Å². The van der Waals surface area contributed by atoms with E-state index in [9.17, 15) is 4.79 Å². The minimum Gasteiger partial charge on any atom is -0.347 e. The van der Waals surface area contributed by atoms with E-state index in [1.807, 2.05) is 12.3 Å². The normalized spacial score (nSPS) is 14.7. The van der Waals surface area contributed by atoms with Crippen LogP contribution in [0, 0.1) is 0 Å². The third-order valence-electron chi connectivity index (χ3n) is 2.86. The van der Waals surface area contributed by atoms with Gasteiger partial charge in [-0.2, -0.15) is 5.10 Å². The van der Waals surface area contributed by atoms with Gasteiger partial charge in [-0.1, -0.05) is 0 Å². The Kier molecular flexibility index (Phi) is 2.79. The van der Waals surface area contributed by atoms with Crippen molar-refractivity contribution in [3.05, 3.63) is 30.1 Å². The Balaban J connectivity index is 1.50. The van der Waals surface area contributed by atoms with Crippen LogP contribution in [0.5, 0.6) is 0 Å². The Bertz CT molecular complexity index is 527. The van der Waals surface area contributed by atoms with Crippen LogP contribution in [0.1, 0.15) is 35.2 Å². The predicted molar refractivity (Wildman–Crippen MR) is 62.9 cm³/mol. The molecule has 0 radical (unpaired) electrons. The number of rotatable bonds is 5. The van der Waals surface area contributed by atoms with E-state index in [-0.39, 0.29) is 11.7 Å². The maximum atomic E-state index is 11.7. The van der Waals surface area contributed by atoms with Gasteiger partial charge >= 0.3 is 0 Å². The summed E-state index contributed by atoms with van der Waals surface area (Å²) in [6, 6.07) is 1.85. The first-order chi connectivity index (χ1) is 8.83. The molecule has 1 amide bonds. The molecule has 1 aliphatic rings. The summed E-state index contributed by atoms with van der Waals surface area (Å²) in [5.41, 5.74) is 0. The minimum absolute atomic E-state index is 0.220. The Labute approximate surface area is 104 Å². The Morgan fingerprint density at radius 1 is 1.56 bits per heavy atom. The molecule has 1 saturated carbocycles. The smallest absolute Gasteiger partial charge is 0.291 e. The molecule has 0 aliphatic heterocycles. The molecular formula is C11H14N6O. The molecule has 0 aromatic carbocycles. The zero-order valence-corrected chi connectivity index (χ0v) is 9.83. The molecule has 94 valence electrons. The first-order valence-electron chi connectivity index (χ1n) is 6.01. The van der Waals surface area contributed by atoms with Crippen molar-refractivity contribution in [3.8, 4) is 0 Å². The topological polar surface area (TPSA) is 88.5 Å². The number of aromatic amines is 1. The van der Waals surface area contributed by atoms with E-state index in [1.165, 1.54) is 0 Å². The Morgan fingerprint density at radius 3 is 3.17 bits per heavy atom. The van der Waals surface area contributed by atoms with Gasteiger partial charge in [0.15, 0.2) is 0 Å². The van der Waals surface area contributed by atoms with Gasteiger partial charge in [-0.25, -0.2) is 4.98 Å². The molecular weight excluding hydrogens is 232 g/mol. The van der Waals surface area contributed by atoms with Crippen LogP contribution in [0.15, 0.2) is 18.5 Å². The molecule has 0 saturated heterocycles. The second-order valence-electron chi connectivity index (χ2n) is 4.34. The summed E-state index contributed by atoms with van der Waals surface area (Å²) in [4.78, 5) is 15.9. The number of hydrogen-bond acceptors (Lipinski definition) is 4. The number of amides is 1. The molecule has 2 N–H and O–H groups in total.